The Morgan fingerprint density at radius 2 is 1.90 bits per heavy atom. The summed E-state index contributed by atoms with van der Waals surface area (Å²) in [5, 5.41) is 2.11. The van der Waals surface area contributed by atoms with Gasteiger partial charge in [-0.1, -0.05) is 33.3 Å². The van der Waals surface area contributed by atoms with Crippen LogP contribution in [-0.4, -0.2) is 0 Å². The first-order valence-electron chi connectivity index (χ1n) is 3.87. The van der Waals surface area contributed by atoms with E-state index in [0.717, 1.165) is 0 Å². The first-order chi connectivity index (χ1) is 4.85. The molecule has 0 aliphatic carbocycles. The fourth-order valence-corrected chi connectivity index (χ4v) is 1.17. The molecule has 0 unspecified atom stereocenters. The highest BCUT2D eigenvalue weighted by Gasteiger charge is 1.82. The van der Waals surface area contributed by atoms with Crippen LogP contribution in [0.5, 0.6) is 0 Å². The normalized spacial score (nSPS) is 8.30. The van der Waals surface area contributed by atoms with E-state index >= 15 is 0 Å². The van der Waals surface area contributed by atoms with Gasteiger partial charge in [-0.15, -0.1) is 11.3 Å². The molecule has 1 rings (SSSR count). The Bertz CT molecular complexity index is 130. The molecule has 0 nitrogen and oxygen atoms in total. The summed E-state index contributed by atoms with van der Waals surface area (Å²) in [6.45, 7) is 6.42. The van der Waals surface area contributed by atoms with Crippen LogP contribution in [-0.2, 0) is 6.42 Å². The lowest BCUT2D eigenvalue weighted by Gasteiger charge is -1.78. The van der Waals surface area contributed by atoms with E-state index in [0.29, 0.717) is 0 Å². The largest absolute Gasteiger partial charge is 0.149 e. The molecule has 0 saturated heterocycles. The molecule has 1 aromatic rings. The van der Waals surface area contributed by atoms with Crippen LogP contribution in [0.3, 0.4) is 0 Å². The Balaban J connectivity index is 0.000000236. The highest BCUT2D eigenvalue weighted by molar-refractivity contribution is 7.09. The fourth-order valence-electron chi connectivity index (χ4n) is 0.514. The van der Waals surface area contributed by atoms with E-state index in [1.165, 1.54) is 17.7 Å². The Morgan fingerprint density at radius 3 is 2.10 bits per heavy atom. The van der Waals surface area contributed by atoms with Crippen LogP contribution in [0, 0.1) is 0 Å². The zero-order chi connectivity index (χ0) is 7.82. The molecule has 1 heterocycles. The van der Waals surface area contributed by atoms with Crippen LogP contribution in [0.2, 0.25) is 0 Å². The molecule has 10 heavy (non-hydrogen) atoms. The molecule has 0 saturated carbocycles. The summed E-state index contributed by atoms with van der Waals surface area (Å²) in [6.07, 6.45) is 2.43. The van der Waals surface area contributed by atoms with Gasteiger partial charge in [0, 0.05) is 4.88 Å². The SMILES string of the molecule is CCC.CCc1cccs1. The van der Waals surface area contributed by atoms with Gasteiger partial charge >= 0.3 is 0 Å². The highest BCUT2D eigenvalue weighted by atomic mass is 32.1. The molecule has 0 aromatic carbocycles. The van der Waals surface area contributed by atoms with E-state index in [4.69, 9.17) is 0 Å². The van der Waals surface area contributed by atoms with Gasteiger partial charge in [0.2, 0.25) is 0 Å². The molecular weight excluding hydrogens is 140 g/mol. The van der Waals surface area contributed by atoms with Gasteiger partial charge in [0.1, 0.15) is 0 Å². The number of aryl methyl sites for hydroxylation is 1. The van der Waals surface area contributed by atoms with Gasteiger partial charge in [-0.05, 0) is 17.9 Å². The standard InChI is InChI=1S/C6H8S.C3H8/c1-2-6-4-3-5-7-6;1-3-2/h3-5H,2H2,1H3;3H2,1-2H3. The van der Waals surface area contributed by atoms with E-state index in [-0.39, 0.29) is 0 Å². The maximum atomic E-state index is 2.17. The van der Waals surface area contributed by atoms with Gasteiger partial charge in [-0.2, -0.15) is 0 Å². The molecule has 58 valence electrons. The first-order valence-corrected chi connectivity index (χ1v) is 4.75. The molecule has 0 bridgehead atoms. The van der Waals surface area contributed by atoms with Crippen molar-refractivity contribution < 1.29 is 0 Å². The van der Waals surface area contributed by atoms with Crippen molar-refractivity contribution in [3.05, 3.63) is 22.4 Å². The van der Waals surface area contributed by atoms with Gasteiger partial charge in [0.05, 0.1) is 0 Å². The molecule has 0 fully saturated rings. The van der Waals surface area contributed by atoms with Crippen LogP contribution in [0.1, 0.15) is 32.1 Å². The first kappa shape index (κ1) is 9.70. The Labute approximate surface area is 67.9 Å². The van der Waals surface area contributed by atoms with Crippen molar-refractivity contribution in [2.75, 3.05) is 0 Å². The smallest absolute Gasteiger partial charge is 0.00424 e. The molecular formula is C9H16S. The van der Waals surface area contributed by atoms with Crippen molar-refractivity contribution in [3.8, 4) is 0 Å². The lowest BCUT2D eigenvalue weighted by molar-refractivity contribution is 1.09. The second-order valence-electron chi connectivity index (χ2n) is 2.14. The molecule has 0 N–H and O–H groups in total. The summed E-state index contributed by atoms with van der Waals surface area (Å²) in [4.78, 5) is 1.47. The van der Waals surface area contributed by atoms with Crippen molar-refractivity contribution in [2.45, 2.75) is 33.6 Å². The summed E-state index contributed by atoms with van der Waals surface area (Å²) in [5.74, 6) is 0. The van der Waals surface area contributed by atoms with E-state index in [1.54, 1.807) is 0 Å². The van der Waals surface area contributed by atoms with Crippen molar-refractivity contribution >= 4 is 11.3 Å². The molecule has 0 amide bonds. The van der Waals surface area contributed by atoms with Crippen molar-refractivity contribution in [3.63, 3.8) is 0 Å². The maximum absolute atomic E-state index is 2.17. The summed E-state index contributed by atoms with van der Waals surface area (Å²) >= 11 is 1.82. The summed E-state index contributed by atoms with van der Waals surface area (Å²) in [7, 11) is 0. The minimum absolute atomic E-state index is 1.18. The van der Waals surface area contributed by atoms with Gasteiger partial charge in [-0.25, -0.2) is 0 Å². The monoisotopic (exact) mass is 156 g/mol. The minimum atomic E-state index is 1.18. The van der Waals surface area contributed by atoms with E-state index in [1.807, 2.05) is 11.3 Å². The third-order valence-corrected chi connectivity index (χ3v) is 1.95. The fraction of sp³-hybridized carbons (Fsp3) is 0.556. The van der Waals surface area contributed by atoms with Gasteiger partial charge in [0.15, 0.2) is 0 Å². The minimum Gasteiger partial charge on any atom is -0.149 e. The third-order valence-electron chi connectivity index (χ3n) is 0.929. The van der Waals surface area contributed by atoms with Crippen molar-refractivity contribution in [1.82, 2.24) is 0 Å². The van der Waals surface area contributed by atoms with E-state index < -0.39 is 0 Å². The Morgan fingerprint density at radius 1 is 1.30 bits per heavy atom. The Kier molecular flexibility index (Phi) is 6.61. The van der Waals surface area contributed by atoms with Crippen LogP contribution < -0.4 is 0 Å². The lowest BCUT2D eigenvalue weighted by atomic mass is 10.4. The predicted molar refractivity (Wildman–Crippen MR) is 49.7 cm³/mol. The quantitative estimate of drug-likeness (QED) is 0.581. The molecule has 1 aromatic heterocycles. The summed E-state index contributed by atoms with van der Waals surface area (Å²) < 4.78 is 0. The second-order valence-corrected chi connectivity index (χ2v) is 3.17. The van der Waals surface area contributed by atoms with Gasteiger partial charge in [-0.3, -0.25) is 0 Å². The third kappa shape index (κ3) is 4.57. The number of hydrogen-bond acceptors (Lipinski definition) is 1. The molecule has 1 heteroatoms. The van der Waals surface area contributed by atoms with Crippen molar-refractivity contribution in [2.24, 2.45) is 0 Å². The maximum Gasteiger partial charge on any atom is 0.00424 e. The van der Waals surface area contributed by atoms with E-state index in [2.05, 4.69) is 38.3 Å². The van der Waals surface area contributed by atoms with Crippen LogP contribution in [0.15, 0.2) is 17.5 Å². The van der Waals surface area contributed by atoms with Crippen LogP contribution in [0.4, 0.5) is 0 Å². The number of hydrogen-bond donors (Lipinski definition) is 0. The molecule has 0 atom stereocenters. The predicted octanol–water partition coefficient (Wildman–Crippen LogP) is 3.73. The molecule has 0 aliphatic heterocycles. The van der Waals surface area contributed by atoms with E-state index in [9.17, 15) is 0 Å². The zero-order valence-corrected chi connectivity index (χ0v) is 7.87. The molecule has 0 spiro atoms. The van der Waals surface area contributed by atoms with Gasteiger partial charge in [0.25, 0.3) is 0 Å². The number of rotatable bonds is 1. The molecule has 0 radical (unpaired) electrons. The number of thiophene rings is 1. The van der Waals surface area contributed by atoms with Crippen LogP contribution in [0.25, 0.3) is 0 Å². The van der Waals surface area contributed by atoms with Crippen LogP contribution >= 0.6 is 11.3 Å². The summed E-state index contributed by atoms with van der Waals surface area (Å²) in [5.41, 5.74) is 0. The van der Waals surface area contributed by atoms with Crippen molar-refractivity contribution in [1.29, 1.82) is 0 Å². The second kappa shape index (κ2) is 6.81. The highest BCUT2D eigenvalue weighted by Crippen LogP contribution is 2.07. The topological polar surface area (TPSA) is 0 Å². The average Bonchev–Trinajstić information content (AvgIpc) is 2.39. The lowest BCUT2D eigenvalue weighted by Crippen LogP contribution is -1.63. The average molecular weight is 156 g/mol. The zero-order valence-electron chi connectivity index (χ0n) is 7.05. The molecule has 0 aliphatic rings. The van der Waals surface area contributed by atoms with Gasteiger partial charge < -0.3 is 0 Å². The summed E-state index contributed by atoms with van der Waals surface area (Å²) in [6, 6.07) is 4.24. The Hall–Kier alpha value is -0.300.